The molecule has 2 heterocycles. The lowest BCUT2D eigenvalue weighted by Gasteiger charge is -2.42. The van der Waals surface area contributed by atoms with Crippen LogP contribution < -0.4 is 5.32 Å². The van der Waals surface area contributed by atoms with Crippen LogP contribution in [0.1, 0.15) is 36.1 Å². The fourth-order valence-corrected chi connectivity index (χ4v) is 9.86. The third-order valence-electron chi connectivity index (χ3n) is 6.32. The number of hydrogen-bond acceptors (Lipinski definition) is 5. The van der Waals surface area contributed by atoms with Crippen LogP contribution in [0, 0.1) is 23.6 Å². The van der Waals surface area contributed by atoms with Gasteiger partial charge >= 0.3 is 0 Å². The van der Waals surface area contributed by atoms with Crippen LogP contribution in [-0.4, -0.2) is 26.5 Å². The van der Waals surface area contributed by atoms with Crippen molar-refractivity contribution in [3.05, 3.63) is 46.7 Å². The van der Waals surface area contributed by atoms with Gasteiger partial charge in [0, 0.05) is 34.9 Å². The summed E-state index contributed by atoms with van der Waals surface area (Å²) in [5.41, 5.74) is 1.05. The summed E-state index contributed by atoms with van der Waals surface area (Å²) < 4.78 is 13.5. The second kappa shape index (κ2) is 7.65. The van der Waals surface area contributed by atoms with Crippen LogP contribution in [0.5, 0.6) is 0 Å². The lowest BCUT2D eigenvalue weighted by molar-refractivity contribution is -0.121. The fraction of sp³-hybridized carbons (Fsp3) is 0.524. The van der Waals surface area contributed by atoms with Crippen LogP contribution in [0.15, 0.2) is 30.5 Å². The van der Waals surface area contributed by atoms with Gasteiger partial charge in [-0.25, -0.2) is 9.37 Å². The number of nitrogens with one attached hydrogen (secondary N) is 1. The summed E-state index contributed by atoms with van der Waals surface area (Å²) in [6.07, 6.45) is 7.14. The number of aromatic nitrogens is 1. The Morgan fingerprint density at radius 2 is 1.82 bits per heavy atom. The first-order valence-corrected chi connectivity index (χ1v) is 12.7. The molecule has 7 heteroatoms. The first-order valence-electron chi connectivity index (χ1n) is 9.90. The standard InChI is InChI=1S/C21H23FN2OS3/c22-17-5-1-13(2-6-17)9-18-12-23-20(28-18)24-19(25)14-10-15-3-4-16(11-14)21(15)26-7-8-27-21/h1-2,5-6,12,14-16H,3-4,7-11H2,(H,23,24,25)/t14?,15-,16+. The van der Waals surface area contributed by atoms with E-state index in [0.29, 0.717) is 27.5 Å². The minimum absolute atomic E-state index is 0.120. The van der Waals surface area contributed by atoms with E-state index < -0.39 is 0 Å². The zero-order chi connectivity index (χ0) is 19.1. The van der Waals surface area contributed by atoms with Crippen molar-refractivity contribution < 1.29 is 9.18 Å². The average molecular weight is 435 g/mol. The zero-order valence-corrected chi connectivity index (χ0v) is 18.0. The van der Waals surface area contributed by atoms with Gasteiger partial charge in [0.15, 0.2) is 5.13 Å². The normalized spacial score (nSPS) is 28.0. The van der Waals surface area contributed by atoms with Gasteiger partial charge in [-0.15, -0.1) is 34.9 Å². The minimum atomic E-state index is -0.223. The third kappa shape index (κ3) is 3.50. The SMILES string of the molecule is O=C(Nc1ncc(Cc2ccc(F)cc2)s1)C1C[C@H]2CC[C@@H](C1)C21SCCS1. The second-order valence-corrected chi connectivity index (χ2v) is 12.1. The molecule has 5 rings (SSSR count). The van der Waals surface area contributed by atoms with E-state index in [2.05, 4.69) is 33.8 Å². The summed E-state index contributed by atoms with van der Waals surface area (Å²) in [5.74, 6) is 3.94. The molecular weight excluding hydrogens is 411 g/mol. The zero-order valence-electron chi connectivity index (χ0n) is 15.5. The summed E-state index contributed by atoms with van der Waals surface area (Å²) in [6.45, 7) is 0. The Bertz CT molecular complexity index is 847. The molecule has 1 amide bonds. The van der Waals surface area contributed by atoms with Crippen molar-refractivity contribution >= 4 is 45.9 Å². The summed E-state index contributed by atoms with van der Waals surface area (Å²) in [4.78, 5) is 18.4. The van der Waals surface area contributed by atoms with Gasteiger partial charge in [-0.1, -0.05) is 12.1 Å². The van der Waals surface area contributed by atoms with Crippen molar-refractivity contribution in [1.82, 2.24) is 4.98 Å². The van der Waals surface area contributed by atoms with Gasteiger partial charge in [-0.05, 0) is 55.2 Å². The Balaban J connectivity index is 1.21. The van der Waals surface area contributed by atoms with Crippen molar-refractivity contribution in [2.45, 2.75) is 36.2 Å². The number of amides is 1. The molecule has 28 heavy (non-hydrogen) atoms. The molecule has 1 spiro atoms. The van der Waals surface area contributed by atoms with Gasteiger partial charge in [-0.2, -0.15) is 0 Å². The van der Waals surface area contributed by atoms with Crippen LogP contribution in [0.3, 0.4) is 0 Å². The van der Waals surface area contributed by atoms with Crippen LogP contribution >= 0.6 is 34.9 Å². The molecule has 2 aromatic rings. The maximum atomic E-state index is 13.0. The second-order valence-electron chi connectivity index (χ2n) is 7.98. The smallest absolute Gasteiger partial charge is 0.229 e. The minimum Gasteiger partial charge on any atom is -0.302 e. The number of carbonyl (C=O) groups is 1. The van der Waals surface area contributed by atoms with Gasteiger partial charge < -0.3 is 5.32 Å². The number of rotatable bonds is 4. The molecule has 1 aromatic carbocycles. The highest BCUT2D eigenvalue weighted by Crippen LogP contribution is 2.65. The molecule has 1 saturated heterocycles. The number of nitrogens with zero attached hydrogens (tertiary/aromatic N) is 1. The summed E-state index contributed by atoms with van der Waals surface area (Å²) in [5, 5.41) is 3.75. The highest BCUT2D eigenvalue weighted by atomic mass is 32.2. The highest BCUT2D eigenvalue weighted by Gasteiger charge is 2.57. The molecule has 0 radical (unpaired) electrons. The van der Waals surface area contributed by atoms with E-state index in [0.717, 1.165) is 23.3 Å². The van der Waals surface area contributed by atoms with Crippen LogP contribution in [0.2, 0.25) is 0 Å². The lowest BCUT2D eigenvalue weighted by Crippen LogP contribution is -2.41. The molecule has 3 nitrogen and oxygen atoms in total. The fourth-order valence-electron chi connectivity index (χ4n) is 5.07. The first-order chi connectivity index (χ1) is 13.6. The summed E-state index contributed by atoms with van der Waals surface area (Å²) >= 11 is 5.84. The number of thioether (sulfide) groups is 2. The van der Waals surface area contributed by atoms with Gasteiger partial charge in [0.1, 0.15) is 5.82 Å². The Morgan fingerprint density at radius 1 is 1.14 bits per heavy atom. The predicted molar refractivity (Wildman–Crippen MR) is 117 cm³/mol. The quantitative estimate of drug-likeness (QED) is 0.697. The van der Waals surface area contributed by atoms with Gasteiger partial charge in [0.05, 0.1) is 4.08 Å². The number of thiazole rings is 1. The van der Waals surface area contributed by atoms with E-state index in [1.165, 1.54) is 47.8 Å². The van der Waals surface area contributed by atoms with Gasteiger partial charge in [0.2, 0.25) is 5.91 Å². The molecule has 2 saturated carbocycles. The maximum Gasteiger partial charge on any atom is 0.229 e. The van der Waals surface area contributed by atoms with Crippen LogP contribution in [0.25, 0.3) is 0 Å². The lowest BCUT2D eigenvalue weighted by atomic mass is 9.79. The van der Waals surface area contributed by atoms with Crippen molar-refractivity contribution in [3.63, 3.8) is 0 Å². The van der Waals surface area contributed by atoms with E-state index >= 15 is 0 Å². The van der Waals surface area contributed by atoms with Crippen molar-refractivity contribution in [2.24, 2.45) is 17.8 Å². The molecule has 3 aliphatic rings. The number of carbonyl (C=O) groups excluding carboxylic acids is 1. The number of benzene rings is 1. The molecule has 1 aromatic heterocycles. The Hall–Kier alpha value is -1.05. The molecule has 1 unspecified atom stereocenters. The molecule has 2 aliphatic carbocycles. The average Bonchev–Trinajstić information content (AvgIpc) is 3.37. The van der Waals surface area contributed by atoms with Crippen molar-refractivity contribution in [2.75, 3.05) is 16.8 Å². The molecule has 3 fully saturated rings. The van der Waals surface area contributed by atoms with Crippen LogP contribution in [-0.2, 0) is 11.2 Å². The third-order valence-corrected chi connectivity index (χ3v) is 11.3. The monoisotopic (exact) mass is 434 g/mol. The maximum absolute atomic E-state index is 13.0. The van der Waals surface area contributed by atoms with Crippen LogP contribution in [0.4, 0.5) is 9.52 Å². The molecule has 1 N–H and O–H groups in total. The van der Waals surface area contributed by atoms with E-state index in [1.54, 1.807) is 12.1 Å². The predicted octanol–water partition coefficient (Wildman–Crippen LogP) is 5.42. The number of hydrogen-bond donors (Lipinski definition) is 1. The Kier molecular flexibility index (Phi) is 5.18. The number of anilines is 1. The van der Waals surface area contributed by atoms with E-state index in [9.17, 15) is 9.18 Å². The molecule has 2 bridgehead atoms. The summed E-state index contributed by atoms with van der Waals surface area (Å²) in [6, 6.07) is 6.54. The first kappa shape index (κ1) is 18.9. The van der Waals surface area contributed by atoms with Gasteiger partial charge in [-0.3, -0.25) is 4.79 Å². The number of halogens is 1. The Labute approximate surface area is 177 Å². The van der Waals surface area contributed by atoms with Crippen molar-refractivity contribution in [3.8, 4) is 0 Å². The van der Waals surface area contributed by atoms with E-state index in [-0.39, 0.29) is 17.6 Å². The molecule has 148 valence electrons. The van der Waals surface area contributed by atoms with Crippen molar-refractivity contribution in [1.29, 1.82) is 0 Å². The van der Waals surface area contributed by atoms with Gasteiger partial charge in [0.25, 0.3) is 0 Å². The van der Waals surface area contributed by atoms with E-state index in [4.69, 9.17) is 0 Å². The Morgan fingerprint density at radius 3 is 2.50 bits per heavy atom. The molecular formula is C21H23FN2OS3. The molecule has 3 atom stereocenters. The molecule has 1 aliphatic heterocycles. The van der Waals surface area contributed by atoms with E-state index in [1.807, 2.05) is 6.20 Å². The highest BCUT2D eigenvalue weighted by molar-refractivity contribution is 8.21. The topological polar surface area (TPSA) is 42.0 Å². The summed E-state index contributed by atoms with van der Waals surface area (Å²) in [7, 11) is 0. The largest absolute Gasteiger partial charge is 0.302 e.